The van der Waals surface area contributed by atoms with E-state index in [-0.39, 0.29) is 29.7 Å². The van der Waals surface area contributed by atoms with Crippen molar-refractivity contribution in [1.82, 2.24) is 9.79 Å². The van der Waals surface area contributed by atoms with Crippen molar-refractivity contribution >= 4 is 27.5 Å². The Balaban J connectivity index is 2.58. The van der Waals surface area contributed by atoms with Gasteiger partial charge in [0.2, 0.25) is 11.8 Å². The fourth-order valence-electron chi connectivity index (χ4n) is 1.74. The smallest absolute Gasteiger partial charge is 0.264 e. The van der Waals surface area contributed by atoms with E-state index in [1.807, 2.05) is 0 Å². The van der Waals surface area contributed by atoms with Gasteiger partial charge >= 0.3 is 0 Å². The van der Waals surface area contributed by atoms with Crippen molar-refractivity contribution in [2.24, 2.45) is 5.41 Å². The molecule has 0 unspecified atom stereocenters. The highest BCUT2D eigenvalue weighted by molar-refractivity contribution is 7.89. The van der Waals surface area contributed by atoms with Crippen molar-refractivity contribution < 1.29 is 22.8 Å². The molecular formula is C16H25N3O5S. The van der Waals surface area contributed by atoms with Crippen LogP contribution in [-0.4, -0.2) is 45.4 Å². The first-order valence-corrected chi connectivity index (χ1v) is 9.13. The third-order valence-electron chi connectivity index (χ3n) is 3.35. The fourth-order valence-corrected chi connectivity index (χ4v) is 2.71. The van der Waals surface area contributed by atoms with E-state index in [2.05, 4.69) is 10.6 Å². The van der Waals surface area contributed by atoms with Crippen LogP contribution in [0, 0.1) is 5.41 Å². The molecule has 1 rings (SSSR count). The van der Waals surface area contributed by atoms with Gasteiger partial charge in [0.05, 0.1) is 12.0 Å². The number of carbonyl (C=O) groups is 2. The summed E-state index contributed by atoms with van der Waals surface area (Å²) in [5, 5.41) is 5.34. The molecule has 0 aliphatic carbocycles. The molecule has 2 amide bonds. The first-order chi connectivity index (χ1) is 11.5. The van der Waals surface area contributed by atoms with Gasteiger partial charge < -0.3 is 10.6 Å². The Hall–Kier alpha value is -1.97. The average Bonchev–Trinajstić information content (AvgIpc) is 2.53. The molecule has 1 aromatic rings. The first kappa shape index (κ1) is 21.1. The quantitative estimate of drug-likeness (QED) is 0.704. The average molecular weight is 371 g/mol. The van der Waals surface area contributed by atoms with Crippen LogP contribution in [0.1, 0.15) is 27.2 Å². The minimum absolute atomic E-state index is 0.0484. The summed E-state index contributed by atoms with van der Waals surface area (Å²) in [5.41, 5.74) is -0.0427. The van der Waals surface area contributed by atoms with Crippen molar-refractivity contribution in [3.05, 3.63) is 24.3 Å². The van der Waals surface area contributed by atoms with Crippen LogP contribution in [0.3, 0.4) is 0 Å². The largest absolute Gasteiger partial charge is 0.355 e. The number of hydrogen-bond acceptors (Lipinski definition) is 5. The second kappa shape index (κ2) is 8.41. The number of benzene rings is 1. The zero-order valence-electron chi connectivity index (χ0n) is 15.1. The predicted octanol–water partition coefficient (Wildman–Crippen LogP) is 1.36. The van der Waals surface area contributed by atoms with Gasteiger partial charge in [-0.3, -0.25) is 14.4 Å². The lowest BCUT2D eigenvalue weighted by Crippen LogP contribution is -2.36. The summed E-state index contributed by atoms with van der Waals surface area (Å²) < 4.78 is 24.9. The molecule has 8 nitrogen and oxygen atoms in total. The molecule has 1 aromatic carbocycles. The third kappa shape index (κ3) is 6.11. The molecule has 0 aromatic heterocycles. The standard InChI is InChI=1S/C16H25N3O5S/c1-16(2,3)15(21)17-11-10-14(20)18-12-6-8-13(9-7-12)25(22,23)19(4)24-5/h6-9H,10-11H2,1-5H3,(H,17,21)(H,18,20). The van der Waals surface area contributed by atoms with Crippen molar-refractivity contribution in [3.63, 3.8) is 0 Å². The highest BCUT2D eigenvalue weighted by Crippen LogP contribution is 2.17. The van der Waals surface area contributed by atoms with Gasteiger partial charge in [0, 0.05) is 31.1 Å². The summed E-state index contributed by atoms with van der Waals surface area (Å²) in [6.45, 7) is 5.60. The van der Waals surface area contributed by atoms with Crippen LogP contribution in [-0.2, 0) is 24.4 Å². The number of sulfonamides is 1. The number of nitrogens with zero attached hydrogens (tertiary/aromatic N) is 1. The summed E-state index contributed by atoms with van der Waals surface area (Å²) in [7, 11) is -1.18. The van der Waals surface area contributed by atoms with Crippen LogP contribution in [0.4, 0.5) is 5.69 Å². The summed E-state index contributed by atoms with van der Waals surface area (Å²) in [6.07, 6.45) is 0.119. The maximum absolute atomic E-state index is 12.1. The van der Waals surface area contributed by atoms with E-state index in [1.54, 1.807) is 20.8 Å². The monoisotopic (exact) mass is 371 g/mol. The van der Waals surface area contributed by atoms with E-state index < -0.39 is 15.4 Å². The van der Waals surface area contributed by atoms with Gasteiger partial charge in [-0.05, 0) is 24.3 Å². The topological polar surface area (TPSA) is 105 Å². The van der Waals surface area contributed by atoms with Crippen molar-refractivity contribution in [2.75, 3.05) is 26.0 Å². The lowest BCUT2D eigenvalue weighted by atomic mass is 9.96. The Morgan fingerprint density at radius 1 is 1.16 bits per heavy atom. The lowest BCUT2D eigenvalue weighted by molar-refractivity contribution is -0.128. The SMILES string of the molecule is CON(C)S(=O)(=O)c1ccc(NC(=O)CCNC(=O)C(C)(C)C)cc1. The normalized spacial score (nSPS) is 12.1. The molecule has 0 aliphatic rings. The van der Waals surface area contributed by atoms with Crippen molar-refractivity contribution in [1.29, 1.82) is 0 Å². The molecule has 2 N–H and O–H groups in total. The number of anilines is 1. The molecule has 0 saturated carbocycles. The summed E-state index contributed by atoms with van der Waals surface area (Å²) in [6, 6.07) is 5.73. The number of carbonyl (C=O) groups excluding carboxylic acids is 2. The Bertz CT molecular complexity index is 708. The highest BCUT2D eigenvalue weighted by Gasteiger charge is 2.21. The Kier molecular flexibility index (Phi) is 7.09. The molecule has 140 valence electrons. The zero-order chi connectivity index (χ0) is 19.3. The molecule has 0 spiro atoms. The van der Waals surface area contributed by atoms with E-state index in [9.17, 15) is 18.0 Å². The van der Waals surface area contributed by atoms with E-state index in [4.69, 9.17) is 4.84 Å². The number of rotatable bonds is 7. The van der Waals surface area contributed by atoms with E-state index >= 15 is 0 Å². The van der Waals surface area contributed by atoms with Crippen molar-refractivity contribution in [2.45, 2.75) is 32.1 Å². The third-order valence-corrected chi connectivity index (χ3v) is 5.04. The second-order valence-electron chi connectivity index (χ2n) is 6.43. The summed E-state index contributed by atoms with van der Waals surface area (Å²) in [4.78, 5) is 28.3. The van der Waals surface area contributed by atoms with E-state index in [0.717, 1.165) is 4.47 Å². The molecule has 0 fully saturated rings. The van der Waals surface area contributed by atoms with Gasteiger partial charge in [-0.25, -0.2) is 8.42 Å². The zero-order valence-corrected chi connectivity index (χ0v) is 15.9. The molecule has 0 atom stereocenters. The minimum Gasteiger partial charge on any atom is -0.355 e. The minimum atomic E-state index is -3.72. The second-order valence-corrected chi connectivity index (χ2v) is 8.36. The Morgan fingerprint density at radius 2 is 1.72 bits per heavy atom. The number of amides is 2. The highest BCUT2D eigenvalue weighted by atomic mass is 32.2. The van der Waals surface area contributed by atoms with Crippen LogP contribution in [0.15, 0.2) is 29.2 Å². The molecular weight excluding hydrogens is 346 g/mol. The summed E-state index contributed by atoms with van der Waals surface area (Å²) in [5.74, 6) is -0.407. The first-order valence-electron chi connectivity index (χ1n) is 7.69. The van der Waals surface area contributed by atoms with Gasteiger partial charge in [-0.1, -0.05) is 25.2 Å². The van der Waals surface area contributed by atoms with E-state index in [1.165, 1.54) is 38.4 Å². The molecule has 0 radical (unpaired) electrons. The van der Waals surface area contributed by atoms with Crippen LogP contribution >= 0.6 is 0 Å². The van der Waals surface area contributed by atoms with Crippen LogP contribution < -0.4 is 10.6 Å². The van der Waals surface area contributed by atoms with Crippen molar-refractivity contribution in [3.8, 4) is 0 Å². The fraction of sp³-hybridized carbons (Fsp3) is 0.500. The number of nitrogens with one attached hydrogen (secondary N) is 2. The number of hydroxylamine groups is 1. The van der Waals surface area contributed by atoms with Gasteiger partial charge in [-0.15, -0.1) is 0 Å². The van der Waals surface area contributed by atoms with Gasteiger partial charge in [0.15, 0.2) is 0 Å². The summed E-state index contributed by atoms with van der Waals surface area (Å²) >= 11 is 0. The van der Waals surface area contributed by atoms with Crippen LogP contribution in [0.25, 0.3) is 0 Å². The molecule has 0 saturated heterocycles. The molecule has 0 bridgehead atoms. The molecule has 25 heavy (non-hydrogen) atoms. The Labute approximate surface area is 148 Å². The van der Waals surface area contributed by atoms with Gasteiger partial charge in [0.25, 0.3) is 10.0 Å². The van der Waals surface area contributed by atoms with Crippen LogP contribution in [0.2, 0.25) is 0 Å². The van der Waals surface area contributed by atoms with Gasteiger partial charge in [0.1, 0.15) is 0 Å². The molecule has 0 heterocycles. The Morgan fingerprint density at radius 3 is 2.20 bits per heavy atom. The number of hydrogen-bond donors (Lipinski definition) is 2. The maximum atomic E-state index is 12.1. The lowest BCUT2D eigenvalue weighted by Gasteiger charge is -2.17. The van der Waals surface area contributed by atoms with Gasteiger partial charge in [-0.2, -0.15) is 0 Å². The molecule has 0 aliphatic heterocycles. The van der Waals surface area contributed by atoms with Crippen LogP contribution in [0.5, 0.6) is 0 Å². The molecule has 9 heteroatoms. The maximum Gasteiger partial charge on any atom is 0.264 e. The van der Waals surface area contributed by atoms with E-state index in [0.29, 0.717) is 5.69 Å². The predicted molar refractivity (Wildman–Crippen MR) is 94.1 cm³/mol.